The highest BCUT2D eigenvalue weighted by atomic mass is 16.5. The van der Waals surface area contributed by atoms with Crippen molar-refractivity contribution in [3.8, 4) is 5.75 Å². The van der Waals surface area contributed by atoms with E-state index in [1.54, 1.807) is 24.1 Å². The highest BCUT2D eigenvalue weighted by Crippen LogP contribution is 2.17. The van der Waals surface area contributed by atoms with E-state index in [1.165, 1.54) is 0 Å². The molecule has 0 saturated carbocycles. The number of anilines is 1. The monoisotopic (exact) mass is 269 g/mol. The Morgan fingerprint density at radius 1 is 1.05 bits per heavy atom. The lowest BCUT2D eigenvalue weighted by atomic mass is 10.2. The summed E-state index contributed by atoms with van der Waals surface area (Å²) in [5, 5.41) is 0. The Labute approximate surface area is 119 Å². The fourth-order valence-corrected chi connectivity index (χ4v) is 1.88. The lowest BCUT2D eigenvalue weighted by Gasteiger charge is -2.17. The topological polar surface area (TPSA) is 29.5 Å². The molecular formula is C17H19NO2. The summed E-state index contributed by atoms with van der Waals surface area (Å²) in [5.41, 5.74) is 1.53. The van der Waals surface area contributed by atoms with E-state index in [2.05, 4.69) is 6.92 Å². The van der Waals surface area contributed by atoms with Gasteiger partial charge in [-0.15, -0.1) is 0 Å². The molecular weight excluding hydrogens is 250 g/mol. The first-order valence-electron chi connectivity index (χ1n) is 6.78. The van der Waals surface area contributed by atoms with Crippen LogP contribution in [0.1, 0.15) is 23.7 Å². The number of carbonyl (C=O) groups is 1. The number of para-hydroxylation sites is 1. The fourth-order valence-electron chi connectivity index (χ4n) is 1.88. The summed E-state index contributed by atoms with van der Waals surface area (Å²) in [7, 11) is 1.78. The van der Waals surface area contributed by atoms with Crippen molar-refractivity contribution >= 4 is 11.6 Å². The quantitative estimate of drug-likeness (QED) is 0.827. The minimum Gasteiger partial charge on any atom is -0.494 e. The fraction of sp³-hybridized carbons (Fsp3) is 0.235. The number of ether oxygens (including phenoxy) is 1. The summed E-state index contributed by atoms with van der Waals surface area (Å²) in [6, 6.07) is 16.9. The molecule has 0 aliphatic carbocycles. The van der Waals surface area contributed by atoms with Gasteiger partial charge >= 0.3 is 0 Å². The molecule has 104 valence electrons. The Morgan fingerprint density at radius 2 is 1.70 bits per heavy atom. The molecule has 0 radical (unpaired) electrons. The smallest absolute Gasteiger partial charge is 0.258 e. The Hall–Kier alpha value is -2.29. The highest BCUT2D eigenvalue weighted by molar-refractivity contribution is 6.05. The van der Waals surface area contributed by atoms with Crippen molar-refractivity contribution in [3.63, 3.8) is 0 Å². The van der Waals surface area contributed by atoms with Crippen LogP contribution in [-0.2, 0) is 0 Å². The minimum atomic E-state index is -0.0294. The summed E-state index contributed by atoms with van der Waals surface area (Å²) in [6.07, 6.45) is 0.970. The number of nitrogens with zero attached hydrogens (tertiary/aromatic N) is 1. The van der Waals surface area contributed by atoms with E-state index in [-0.39, 0.29) is 5.91 Å². The maximum atomic E-state index is 12.4. The SMILES string of the molecule is CCCOc1ccc(C(=O)N(C)c2ccccc2)cc1. The van der Waals surface area contributed by atoms with Crippen LogP contribution in [0.5, 0.6) is 5.75 Å². The van der Waals surface area contributed by atoms with Gasteiger partial charge in [-0.1, -0.05) is 25.1 Å². The predicted molar refractivity (Wildman–Crippen MR) is 81.4 cm³/mol. The summed E-state index contributed by atoms with van der Waals surface area (Å²) >= 11 is 0. The van der Waals surface area contributed by atoms with Crippen molar-refractivity contribution in [1.29, 1.82) is 0 Å². The molecule has 0 aromatic heterocycles. The molecule has 0 fully saturated rings. The molecule has 0 N–H and O–H groups in total. The lowest BCUT2D eigenvalue weighted by molar-refractivity contribution is 0.0993. The van der Waals surface area contributed by atoms with Crippen LogP contribution < -0.4 is 9.64 Å². The van der Waals surface area contributed by atoms with Crippen LogP contribution in [0, 0.1) is 0 Å². The van der Waals surface area contributed by atoms with E-state index in [0.29, 0.717) is 12.2 Å². The molecule has 2 rings (SSSR count). The zero-order valence-corrected chi connectivity index (χ0v) is 11.9. The van der Waals surface area contributed by atoms with Gasteiger partial charge in [-0.3, -0.25) is 4.79 Å². The zero-order valence-electron chi connectivity index (χ0n) is 11.9. The second kappa shape index (κ2) is 6.75. The first kappa shape index (κ1) is 14.1. The Kier molecular flexibility index (Phi) is 4.77. The van der Waals surface area contributed by atoms with Gasteiger partial charge in [0.15, 0.2) is 0 Å². The van der Waals surface area contributed by atoms with Crippen molar-refractivity contribution in [1.82, 2.24) is 0 Å². The third-order valence-corrected chi connectivity index (χ3v) is 3.02. The number of rotatable bonds is 5. The van der Waals surface area contributed by atoms with E-state index >= 15 is 0 Å². The van der Waals surface area contributed by atoms with Gasteiger partial charge < -0.3 is 9.64 Å². The maximum absolute atomic E-state index is 12.4. The van der Waals surface area contributed by atoms with Gasteiger partial charge in [0.2, 0.25) is 0 Å². The van der Waals surface area contributed by atoms with E-state index in [0.717, 1.165) is 17.9 Å². The largest absolute Gasteiger partial charge is 0.494 e. The van der Waals surface area contributed by atoms with E-state index in [1.807, 2.05) is 42.5 Å². The lowest BCUT2D eigenvalue weighted by Crippen LogP contribution is -2.25. The molecule has 0 spiro atoms. The van der Waals surface area contributed by atoms with Crippen LogP contribution >= 0.6 is 0 Å². The Balaban J connectivity index is 2.09. The van der Waals surface area contributed by atoms with Crippen molar-refractivity contribution in [3.05, 3.63) is 60.2 Å². The molecule has 0 aliphatic rings. The van der Waals surface area contributed by atoms with Crippen molar-refractivity contribution in [2.75, 3.05) is 18.6 Å². The molecule has 3 nitrogen and oxygen atoms in total. The summed E-state index contributed by atoms with van der Waals surface area (Å²) in [4.78, 5) is 14.0. The van der Waals surface area contributed by atoms with Crippen LogP contribution in [-0.4, -0.2) is 19.6 Å². The average Bonchev–Trinajstić information content (AvgIpc) is 2.53. The van der Waals surface area contributed by atoms with E-state index < -0.39 is 0 Å². The summed E-state index contributed by atoms with van der Waals surface area (Å²) in [5.74, 6) is 0.768. The highest BCUT2D eigenvalue weighted by Gasteiger charge is 2.12. The number of hydrogen-bond donors (Lipinski definition) is 0. The van der Waals surface area contributed by atoms with Gasteiger partial charge in [0.05, 0.1) is 6.61 Å². The average molecular weight is 269 g/mol. The second-order valence-electron chi connectivity index (χ2n) is 4.57. The standard InChI is InChI=1S/C17H19NO2/c1-3-13-20-16-11-9-14(10-12-16)17(19)18(2)15-7-5-4-6-8-15/h4-12H,3,13H2,1-2H3. The molecule has 20 heavy (non-hydrogen) atoms. The molecule has 0 bridgehead atoms. The normalized spacial score (nSPS) is 10.1. The Bertz CT molecular complexity index is 549. The predicted octanol–water partition coefficient (Wildman–Crippen LogP) is 3.75. The summed E-state index contributed by atoms with van der Waals surface area (Å²) < 4.78 is 5.51. The molecule has 2 aromatic rings. The molecule has 0 aliphatic heterocycles. The molecule has 0 saturated heterocycles. The van der Waals surface area contributed by atoms with Gasteiger partial charge in [-0.25, -0.2) is 0 Å². The van der Waals surface area contributed by atoms with Gasteiger partial charge in [0.25, 0.3) is 5.91 Å². The van der Waals surface area contributed by atoms with Crippen LogP contribution in [0.2, 0.25) is 0 Å². The van der Waals surface area contributed by atoms with Gasteiger partial charge in [0, 0.05) is 18.3 Å². The molecule has 3 heteroatoms. The molecule has 0 heterocycles. The third kappa shape index (κ3) is 3.38. The van der Waals surface area contributed by atoms with Gasteiger partial charge in [-0.05, 0) is 42.8 Å². The number of benzene rings is 2. The second-order valence-corrected chi connectivity index (χ2v) is 4.57. The van der Waals surface area contributed by atoms with Crippen molar-refractivity contribution in [2.24, 2.45) is 0 Å². The summed E-state index contributed by atoms with van der Waals surface area (Å²) in [6.45, 7) is 2.75. The van der Waals surface area contributed by atoms with Crippen LogP contribution in [0.15, 0.2) is 54.6 Å². The number of amides is 1. The van der Waals surface area contributed by atoms with Crippen LogP contribution in [0.3, 0.4) is 0 Å². The molecule has 1 amide bonds. The van der Waals surface area contributed by atoms with E-state index in [9.17, 15) is 4.79 Å². The number of hydrogen-bond acceptors (Lipinski definition) is 2. The van der Waals surface area contributed by atoms with Gasteiger partial charge in [-0.2, -0.15) is 0 Å². The molecule has 0 unspecified atom stereocenters. The maximum Gasteiger partial charge on any atom is 0.258 e. The van der Waals surface area contributed by atoms with Gasteiger partial charge in [0.1, 0.15) is 5.75 Å². The van der Waals surface area contributed by atoms with Crippen molar-refractivity contribution in [2.45, 2.75) is 13.3 Å². The number of carbonyl (C=O) groups excluding carboxylic acids is 1. The molecule has 2 aromatic carbocycles. The van der Waals surface area contributed by atoms with Crippen molar-refractivity contribution < 1.29 is 9.53 Å². The third-order valence-electron chi connectivity index (χ3n) is 3.02. The Morgan fingerprint density at radius 3 is 2.30 bits per heavy atom. The van der Waals surface area contributed by atoms with Crippen LogP contribution in [0.25, 0.3) is 0 Å². The first-order valence-corrected chi connectivity index (χ1v) is 6.78. The van der Waals surface area contributed by atoms with Crippen LogP contribution in [0.4, 0.5) is 5.69 Å². The van der Waals surface area contributed by atoms with E-state index in [4.69, 9.17) is 4.74 Å². The molecule has 0 atom stereocenters. The minimum absolute atomic E-state index is 0.0294. The zero-order chi connectivity index (χ0) is 14.4. The first-order chi connectivity index (χ1) is 9.72.